The molecule has 0 aromatic heterocycles. The van der Waals surface area contributed by atoms with Gasteiger partial charge in [0.25, 0.3) is 0 Å². The molecule has 0 spiro atoms. The summed E-state index contributed by atoms with van der Waals surface area (Å²) >= 11 is 0. The molecule has 90 valence electrons. The van der Waals surface area contributed by atoms with Crippen LogP contribution in [0.5, 0.6) is 0 Å². The summed E-state index contributed by atoms with van der Waals surface area (Å²) < 4.78 is 23.0. The maximum atomic E-state index is 5.74. The van der Waals surface area contributed by atoms with E-state index in [1.807, 2.05) is 0 Å². The maximum absolute atomic E-state index is 5.74. The molecule has 6 aliphatic rings. The molecule has 4 saturated heterocycles. The Hall–Kier alpha value is -0.940. The van der Waals surface area contributed by atoms with Crippen molar-refractivity contribution >= 4 is 0 Å². The summed E-state index contributed by atoms with van der Waals surface area (Å²) in [5.41, 5.74) is 5.36. The van der Waals surface area contributed by atoms with Crippen LogP contribution in [0.25, 0.3) is 0 Å². The van der Waals surface area contributed by atoms with Gasteiger partial charge in [-0.15, -0.1) is 0 Å². The van der Waals surface area contributed by atoms with E-state index in [0.717, 1.165) is 0 Å². The van der Waals surface area contributed by atoms with Crippen molar-refractivity contribution in [3.8, 4) is 0 Å². The lowest BCUT2D eigenvalue weighted by Gasteiger charge is -2.15. The van der Waals surface area contributed by atoms with Crippen LogP contribution in [0.2, 0.25) is 0 Å². The smallest absolute Gasteiger partial charge is 0.118 e. The minimum absolute atomic E-state index is 0.282. The number of fused-ring (bicyclic) bond motifs is 12. The second-order valence-electron chi connectivity index (χ2n) is 6.20. The number of rotatable bonds is 0. The molecule has 1 aromatic rings. The molecular weight excluding hydrogens is 232 g/mol. The first-order valence-corrected chi connectivity index (χ1v) is 6.70. The molecule has 8 unspecified atom stereocenters. The van der Waals surface area contributed by atoms with Crippen molar-refractivity contribution in [2.24, 2.45) is 0 Å². The van der Waals surface area contributed by atoms with Crippen molar-refractivity contribution in [2.45, 2.75) is 48.8 Å². The predicted molar refractivity (Wildman–Crippen MR) is 56.9 cm³/mol. The van der Waals surface area contributed by atoms with Crippen LogP contribution < -0.4 is 0 Å². The molecule has 0 bridgehead atoms. The monoisotopic (exact) mass is 242 g/mol. The summed E-state index contributed by atoms with van der Waals surface area (Å²) in [5.74, 6) is 0. The highest BCUT2D eigenvalue weighted by atomic mass is 16.7. The van der Waals surface area contributed by atoms with Crippen molar-refractivity contribution in [1.29, 1.82) is 0 Å². The van der Waals surface area contributed by atoms with Gasteiger partial charge in [-0.25, -0.2) is 0 Å². The van der Waals surface area contributed by atoms with E-state index in [9.17, 15) is 0 Å². The van der Waals surface area contributed by atoms with Crippen molar-refractivity contribution in [2.75, 3.05) is 0 Å². The SMILES string of the molecule is c1c2c(cc3c1C1OC1C1OC31)C1OC1C1OC21. The van der Waals surface area contributed by atoms with Crippen molar-refractivity contribution < 1.29 is 18.9 Å². The fourth-order valence-corrected chi connectivity index (χ4v) is 4.15. The summed E-state index contributed by atoms with van der Waals surface area (Å²) in [7, 11) is 0. The minimum Gasteiger partial charge on any atom is -0.362 e. The average Bonchev–Trinajstić information content (AvgIpc) is 3.25. The molecule has 0 N–H and O–H groups in total. The zero-order valence-electron chi connectivity index (χ0n) is 9.41. The Morgan fingerprint density at radius 2 is 0.778 bits per heavy atom. The molecule has 7 rings (SSSR count). The third-order valence-electron chi connectivity index (χ3n) is 5.26. The molecule has 8 atom stereocenters. The first kappa shape index (κ1) is 8.27. The van der Waals surface area contributed by atoms with Gasteiger partial charge in [0.05, 0.1) is 0 Å². The first-order chi connectivity index (χ1) is 8.90. The first-order valence-electron chi connectivity index (χ1n) is 6.70. The number of benzene rings is 1. The van der Waals surface area contributed by atoms with Crippen LogP contribution in [0, 0.1) is 0 Å². The van der Waals surface area contributed by atoms with Gasteiger partial charge in [-0.1, -0.05) is 0 Å². The Morgan fingerprint density at radius 1 is 0.500 bits per heavy atom. The summed E-state index contributed by atoms with van der Waals surface area (Å²) in [4.78, 5) is 0. The highest BCUT2D eigenvalue weighted by Gasteiger charge is 2.67. The number of hydrogen-bond acceptors (Lipinski definition) is 4. The van der Waals surface area contributed by atoms with Gasteiger partial charge in [-0.2, -0.15) is 0 Å². The number of epoxide rings is 4. The molecule has 4 nitrogen and oxygen atoms in total. The van der Waals surface area contributed by atoms with E-state index in [1.165, 1.54) is 22.3 Å². The van der Waals surface area contributed by atoms with Crippen LogP contribution in [0.3, 0.4) is 0 Å². The van der Waals surface area contributed by atoms with Crippen LogP contribution >= 0.6 is 0 Å². The Kier molecular flexibility index (Phi) is 0.993. The van der Waals surface area contributed by atoms with Crippen LogP contribution in [0.4, 0.5) is 0 Å². The topological polar surface area (TPSA) is 50.1 Å². The van der Waals surface area contributed by atoms with Crippen molar-refractivity contribution in [1.82, 2.24) is 0 Å². The molecule has 4 fully saturated rings. The molecule has 0 amide bonds. The molecule has 2 aliphatic carbocycles. The van der Waals surface area contributed by atoms with Gasteiger partial charge in [0.15, 0.2) is 0 Å². The Balaban J connectivity index is 1.52. The summed E-state index contributed by atoms with van der Waals surface area (Å²) in [6.45, 7) is 0. The van der Waals surface area contributed by atoms with Crippen LogP contribution in [0.15, 0.2) is 12.1 Å². The second kappa shape index (κ2) is 2.16. The largest absolute Gasteiger partial charge is 0.362 e. The zero-order valence-corrected chi connectivity index (χ0v) is 9.41. The lowest BCUT2D eigenvalue weighted by Crippen LogP contribution is -2.13. The average molecular weight is 242 g/mol. The van der Waals surface area contributed by atoms with Crippen molar-refractivity contribution in [3.05, 3.63) is 34.4 Å². The molecule has 0 saturated carbocycles. The van der Waals surface area contributed by atoms with Gasteiger partial charge in [0.2, 0.25) is 0 Å². The summed E-state index contributed by atoms with van der Waals surface area (Å²) in [6.07, 6.45) is 2.42. The molecule has 4 aliphatic heterocycles. The molecular formula is C14H10O4. The van der Waals surface area contributed by atoms with Gasteiger partial charge >= 0.3 is 0 Å². The van der Waals surface area contributed by atoms with Gasteiger partial charge < -0.3 is 18.9 Å². The van der Waals surface area contributed by atoms with Gasteiger partial charge in [-0.05, 0) is 34.4 Å². The fraction of sp³-hybridized carbons (Fsp3) is 0.571. The van der Waals surface area contributed by atoms with Crippen LogP contribution in [-0.2, 0) is 18.9 Å². The van der Waals surface area contributed by atoms with E-state index in [0.29, 0.717) is 24.4 Å². The Labute approximate surface area is 103 Å². The Morgan fingerprint density at radius 3 is 1.06 bits per heavy atom. The van der Waals surface area contributed by atoms with Gasteiger partial charge in [0.1, 0.15) is 48.8 Å². The number of hydrogen-bond donors (Lipinski definition) is 0. The van der Waals surface area contributed by atoms with E-state index < -0.39 is 0 Å². The number of ether oxygens (including phenoxy) is 4. The van der Waals surface area contributed by atoms with Gasteiger partial charge in [-0.3, -0.25) is 0 Å². The summed E-state index contributed by atoms with van der Waals surface area (Å²) in [5, 5.41) is 0. The third kappa shape index (κ3) is 0.749. The highest BCUT2D eigenvalue weighted by Crippen LogP contribution is 2.65. The summed E-state index contributed by atoms with van der Waals surface area (Å²) in [6, 6.07) is 4.60. The standard InChI is InChI=1S/C14H10O4/c1-3-5(9-13(17-9)11-7(3)15-11)2-6-4(1)8-12(16-8)14-10(6)18-14/h1-2,7-14H. The third-order valence-corrected chi connectivity index (χ3v) is 5.26. The minimum atomic E-state index is 0.282. The predicted octanol–water partition coefficient (Wildman–Crippen LogP) is 1.47. The molecule has 0 radical (unpaired) electrons. The molecule has 4 heterocycles. The molecule has 4 heteroatoms. The fourth-order valence-electron chi connectivity index (χ4n) is 4.15. The second-order valence-corrected chi connectivity index (χ2v) is 6.20. The quantitative estimate of drug-likeness (QED) is 0.646. The molecule has 1 aromatic carbocycles. The maximum Gasteiger partial charge on any atom is 0.118 e. The van der Waals surface area contributed by atoms with E-state index in [2.05, 4.69) is 12.1 Å². The van der Waals surface area contributed by atoms with E-state index in [4.69, 9.17) is 18.9 Å². The normalized spacial score (nSPS) is 58.2. The zero-order chi connectivity index (χ0) is 11.2. The van der Waals surface area contributed by atoms with Crippen molar-refractivity contribution in [3.63, 3.8) is 0 Å². The lowest BCUT2D eigenvalue weighted by molar-refractivity contribution is 0.301. The molecule has 18 heavy (non-hydrogen) atoms. The lowest BCUT2D eigenvalue weighted by atomic mass is 9.83. The Bertz CT molecular complexity index is 535. The van der Waals surface area contributed by atoms with Crippen LogP contribution in [-0.4, -0.2) is 24.4 Å². The van der Waals surface area contributed by atoms with E-state index in [-0.39, 0.29) is 24.4 Å². The van der Waals surface area contributed by atoms with E-state index >= 15 is 0 Å². The van der Waals surface area contributed by atoms with Gasteiger partial charge in [0, 0.05) is 0 Å². The highest BCUT2D eigenvalue weighted by molar-refractivity contribution is 5.53. The van der Waals surface area contributed by atoms with E-state index in [1.54, 1.807) is 0 Å². The van der Waals surface area contributed by atoms with Crippen LogP contribution in [0.1, 0.15) is 46.7 Å².